The molecule has 1 atom stereocenters. The fourth-order valence-corrected chi connectivity index (χ4v) is 2.43. The van der Waals surface area contributed by atoms with Crippen molar-refractivity contribution in [1.82, 2.24) is 5.32 Å². The van der Waals surface area contributed by atoms with E-state index in [9.17, 15) is 13.2 Å². The third-order valence-electron chi connectivity index (χ3n) is 2.99. The minimum atomic E-state index is -0.876. The predicted molar refractivity (Wildman–Crippen MR) is 76.0 cm³/mol. The highest BCUT2D eigenvalue weighted by Gasteiger charge is 2.24. The average Bonchev–Trinajstić information content (AvgIpc) is 2.43. The number of hydrogen-bond acceptors (Lipinski definition) is 1. The maximum atomic E-state index is 14.2. The second-order valence-electron chi connectivity index (χ2n) is 4.27. The van der Waals surface area contributed by atoms with Gasteiger partial charge in [-0.25, -0.2) is 13.2 Å². The Morgan fingerprint density at radius 2 is 1.75 bits per heavy atom. The molecule has 0 saturated heterocycles. The molecule has 5 heteroatoms. The van der Waals surface area contributed by atoms with E-state index < -0.39 is 23.5 Å². The van der Waals surface area contributed by atoms with E-state index in [-0.39, 0.29) is 15.6 Å². The van der Waals surface area contributed by atoms with Gasteiger partial charge in [0.15, 0.2) is 0 Å². The van der Waals surface area contributed by atoms with Gasteiger partial charge in [-0.3, -0.25) is 0 Å². The van der Waals surface area contributed by atoms with E-state index in [2.05, 4.69) is 21.2 Å². The third kappa shape index (κ3) is 2.88. The molecule has 106 valence electrons. The number of halogens is 4. The first kappa shape index (κ1) is 15.1. The van der Waals surface area contributed by atoms with E-state index >= 15 is 0 Å². The van der Waals surface area contributed by atoms with Gasteiger partial charge in [0.2, 0.25) is 0 Å². The molecule has 0 aromatic heterocycles. The van der Waals surface area contributed by atoms with Crippen LogP contribution in [0.5, 0.6) is 0 Å². The van der Waals surface area contributed by atoms with Gasteiger partial charge in [0, 0.05) is 11.1 Å². The summed E-state index contributed by atoms with van der Waals surface area (Å²) in [5.74, 6) is -1.93. The second kappa shape index (κ2) is 6.41. The molecule has 0 bridgehead atoms. The lowest BCUT2D eigenvalue weighted by molar-refractivity contribution is 0.493. The van der Waals surface area contributed by atoms with Gasteiger partial charge in [0.05, 0.1) is 10.5 Å². The van der Waals surface area contributed by atoms with Gasteiger partial charge < -0.3 is 5.32 Å². The molecule has 20 heavy (non-hydrogen) atoms. The van der Waals surface area contributed by atoms with E-state index in [0.717, 1.165) is 6.07 Å². The van der Waals surface area contributed by atoms with E-state index in [0.29, 0.717) is 6.54 Å². The van der Waals surface area contributed by atoms with Crippen LogP contribution in [0.3, 0.4) is 0 Å². The molecule has 0 radical (unpaired) electrons. The van der Waals surface area contributed by atoms with Crippen molar-refractivity contribution in [3.8, 4) is 0 Å². The second-order valence-corrected chi connectivity index (χ2v) is 5.12. The van der Waals surface area contributed by atoms with Gasteiger partial charge in [-0.1, -0.05) is 25.1 Å². The Balaban J connectivity index is 2.61. The van der Waals surface area contributed by atoms with E-state index in [1.807, 2.05) is 0 Å². The minimum Gasteiger partial charge on any atom is -0.306 e. The number of nitrogens with one attached hydrogen (secondary N) is 1. The molecule has 0 fully saturated rings. The van der Waals surface area contributed by atoms with E-state index in [1.54, 1.807) is 13.0 Å². The van der Waals surface area contributed by atoms with Crippen molar-refractivity contribution in [3.05, 3.63) is 69.4 Å². The van der Waals surface area contributed by atoms with Crippen LogP contribution in [0.1, 0.15) is 24.1 Å². The Labute approximate surface area is 123 Å². The molecule has 0 amide bonds. The van der Waals surface area contributed by atoms with Crippen LogP contribution in [0, 0.1) is 17.5 Å². The Bertz CT molecular complexity index is 616. The quantitative estimate of drug-likeness (QED) is 0.802. The summed E-state index contributed by atoms with van der Waals surface area (Å²) in [4.78, 5) is 0. The summed E-state index contributed by atoms with van der Waals surface area (Å²) in [6, 6.07) is 7.53. The SMILES string of the molecule is CCNC(c1ccccc1F)c1c(F)ccc(Br)c1F. The maximum Gasteiger partial charge on any atom is 0.145 e. The van der Waals surface area contributed by atoms with Crippen LogP contribution in [-0.2, 0) is 0 Å². The monoisotopic (exact) mass is 343 g/mol. The zero-order chi connectivity index (χ0) is 14.7. The normalized spacial score (nSPS) is 12.4. The van der Waals surface area contributed by atoms with Crippen molar-refractivity contribution in [1.29, 1.82) is 0 Å². The average molecular weight is 344 g/mol. The summed E-state index contributed by atoms with van der Waals surface area (Å²) in [5, 5.41) is 2.92. The topological polar surface area (TPSA) is 12.0 Å². The first-order valence-corrected chi connectivity index (χ1v) is 6.96. The highest BCUT2D eigenvalue weighted by molar-refractivity contribution is 9.10. The van der Waals surface area contributed by atoms with Crippen molar-refractivity contribution in [2.45, 2.75) is 13.0 Å². The Hall–Kier alpha value is -1.33. The Morgan fingerprint density at radius 1 is 1.05 bits per heavy atom. The summed E-state index contributed by atoms with van der Waals surface area (Å²) in [5.41, 5.74) is 0.0246. The first-order chi connectivity index (χ1) is 9.56. The van der Waals surface area contributed by atoms with Gasteiger partial charge in [0.1, 0.15) is 17.5 Å². The molecule has 0 spiro atoms. The molecule has 0 aliphatic carbocycles. The summed E-state index contributed by atoms with van der Waals surface area (Å²) in [6.07, 6.45) is 0. The lowest BCUT2D eigenvalue weighted by Gasteiger charge is -2.21. The fraction of sp³-hybridized carbons (Fsp3) is 0.200. The van der Waals surface area contributed by atoms with Crippen LogP contribution >= 0.6 is 15.9 Å². The van der Waals surface area contributed by atoms with Crippen molar-refractivity contribution in [2.24, 2.45) is 0 Å². The van der Waals surface area contributed by atoms with E-state index in [4.69, 9.17) is 0 Å². The highest BCUT2D eigenvalue weighted by atomic mass is 79.9. The van der Waals surface area contributed by atoms with Crippen LogP contribution in [0.2, 0.25) is 0 Å². The summed E-state index contributed by atoms with van der Waals surface area (Å²) in [7, 11) is 0. The number of rotatable bonds is 4. The summed E-state index contributed by atoms with van der Waals surface area (Å²) in [6.45, 7) is 2.24. The number of hydrogen-bond donors (Lipinski definition) is 1. The molecule has 1 unspecified atom stereocenters. The largest absolute Gasteiger partial charge is 0.306 e. The van der Waals surface area contributed by atoms with Crippen LogP contribution in [0.4, 0.5) is 13.2 Å². The highest BCUT2D eigenvalue weighted by Crippen LogP contribution is 2.31. The van der Waals surface area contributed by atoms with Crippen molar-refractivity contribution in [2.75, 3.05) is 6.54 Å². The van der Waals surface area contributed by atoms with Gasteiger partial charge in [0.25, 0.3) is 0 Å². The van der Waals surface area contributed by atoms with Crippen LogP contribution in [0.25, 0.3) is 0 Å². The third-order valence-corrected chi connectivity index (χ3v) is 3.61. The lowest BCUT2D eigenvalue weighted by atomic mass is 9.97. The van der Waals surface area contributed by atoms with Crippen LogP contribution in [0.15, 0.2) is 40.9 Å². The molecular weight excluding hydrogens is 331 g/mol. The fourth-order valence-electron chi connectivity index (χ4n) is 2.09. The maximum absolute atomic E-state index is 14.2. The molecule has 1 nitrogen and oxygen atoms in total. The Morgan fingerprint density at radius 3 is 2.40 bits per heavy atom. The zero-order valence-electron chi connectivity index (χ0n) is 10.8. The molecule has 2 rings (SSSR count). The predicted octanol–water partition coefficient (Wildman–Crippen LogP) is 4.57. The molecule has 1 N–H and O–H groups in total. The smallest absolute Gasteiger partial charge is 0.145 e. The van der Waals surface area contributed by atoms with Gasteiger partial charge in [-0.15, -0.1) is 0 Å². The zero-order valence-corrected chi connectivity index (χ0v) is 12.3. The molecular formula is C15H13BrF3N. The standard InChI is InChI=1S/C15H13BrF3N/c1-2-20-15(9-5-3-4-6-11(9)17)13-12(18)8-7-10(16)14(13)19/h3-8,15,20H,2H2,1H3. The molecule has 0 saturated carbocycles. The summed E-state index contributed by atoms with van der Waals surface area (Å²) < 4.78 is 42.3. The van der Waals surface area contributed by atoms with Crippen LogP contribution in [-0.4, -0.2) is 6.54 Å². The molecule has 2 aromatic carbocycles. The van der Waals surface area contributed by atoms with Crippen molar-refractivity contribution >= 4 is 15.9 Å². The molecule has 0 aliphatic heterocycles. The molecule has 0 aliphatic rings. The summed E-state index contributed by atoms with van der Waals surface area (Å²) >= 11 is 3.03. The van der Waals surface area contributed by atoms with Crippen LogP contribution < -0.4 is 5.32 Å². The number of benzene rings is 2. The van der Waals surface area contributed by atoms with E-state index in [1.165, 1.54) is 24.3 Å². The molecule has 0 heterocycles. The van der Waals surface area contributed by atoms with Crippen molar-refractivity contribution in [3.63, 3.8) is 0 Å². The van der Waals surface area contributed by atoms with Gasteiger partial charge in [-0.05, 0) is 40.7 Å². The lowest BCUT2D eigenvalue weighted by Crippen LogP contribution is -2.25. The minimum absolute atomic E-state index is 0.146. The van der Waals surface area contributed by atoms with Crippen molar-refractivity contribution < 1.29 is 13.2 Å². The van der Waals surface area contributed by atoms with Gasteiger partial charge in [-0.2, -0.15) is 0 Å². The van der Waals surface area contributed by atoms with Gasteiger partial charge >= 0.3 is 0 Å². The first-order valence-electron chi connectivity index (χ1n) is 6.17. The molecule has 2 aromatic rings. The Kier molecular flexibility index (Phi) is 4.83.